The molecular formula is C11H6F4O3S. The van der Waals surface area contributed by atoms with Crippen LogP contribution in [-0.4, -0.2) is 13.0 Å². The molecule has 2 aromatic rings. The second-order valence-corrected chi connectivity index (χ2v) is 5.14. The van der Waals surface area contributed by atoms with Crippen molar-refractivity contribution in [3.8, 4) is 0 Å². The van der Waals surface area contributed by atoms with Crippen molar-refractivity contribution < 1.29 is 30.5 Å². The number of halogens is 4. The molecule has 0 aliphatic carbocycles. The Morgan fingerprint density at radius 1 is 1.00 bits per heavy atom. The van der Waals surface area contributed by atoms with Gasteiger partial charge >= 0.3 is 6.18 Å². The molecule has 2 aromatic carbocycles. The highest BCUT2D eigenvalue weighted by Crippen LogP contribution is 2.36. The van der Waals surface area contributed by atoms with Crippen molar-refractivity contribution in [3.63, 3.8) is 0 Å². The molecule has 0 unspecified atom stereocenters. The van der Waals surface area contributed by atoms with Gasteiger partial charge < -0.3 is 0 Å². The lowest BCUT2D eigenvalue weighted by Crippen LogP contribution is -2.07. The molecule has 0 fully saturated rings. The van der Waals surface area contributed by atoms with Crippen LogP contribution >= 0.6 is 0 Å². The van der Waals surface area contributed by atoms with Crippen LogP contribution in [0.25, 0.3) is 10.8 Å². The molecule has 0 aliphatic heterocycles. The molecule has 102 valence electrons. The fourth-order valence-electron chi connectivity index (χ4n) is 1.75. The van der Waals surface area contributed by atoms with Crippen molar-refractivity contribution in [2.75, 3.05) is 0 Å². The van der Waals surface area contributed by atoms with Crippen molar-refractivity contribution in [2.24, 2.45) is 0 Å². The van der Waals surface area contributed by atoms with Gasteiger partial charge in [0, 0.05) is 5.39 Å². The van der Waals surface area contributed by atoms with Crippen molar-refractivity contribution in [1.82, 2.24) is 0 Å². The lowest BCUT2D eigenvalue weighted by atomic mass is 10.0. The lowest BCUT2D eigenvalue weighted by molar-refractivity contribution is -0.136. The molecule has 0 radical (unpaired) electrons. The van der Waals surface area contributed by atoms with Crippen molar-refractivity contribution in [3.05, 3.63) is 41.7 Å². The van der Waals surface area contributed by atoms with Gasteiger partial charge in [-0.2, -0.15) is 21.6 Å². The zero-order valence-corrected chi connectivity index (χ0v) is 9.89. The maximum Gasteiger partial charge on any atom is 0.417 e. The van der Waals surface area contributed by atoms with Crippen molar-refractivity contribution in [1.29, 1.82) is 0 Å². The fourth-order valence-corrected chi connectivity index (χ4v) is 2.32. The summed E-state index contributed by atoms with van der Waals surface area (Å²) in [7, 11) is -4.83. The molecule has 3 nitrogen and oxygen atoms in total. The van der Waals surface area contributed by atoms with Gasteiger partial charge in [-0.15, -0.1) is 0 Å². The highest BCUT2D eigenvalue weighted by molar-refractivity contribution is 7.85. The average molecular weight is 294 g/mol. The Kier molecular flexibility index (Phi) is 3.02. The molecule has 0 saturated heterocycles. The van der Waals surface area contributed by atoms with E-state index in [-0.39, 0.29) is 0 Å². The Morgan fingerprint density at radius 2 is 1.63 bits per heavy atom. The van der Waals surface area contributed by atoms with Crippen LogP contribution in [0.4, 0.5) is 17.6 Å². The van der Waals surface area contributed by atoms with Gasteiger partial charge in [0.1, 0.15) is 4.90 Å². The minimum absolute atomic E-state index is 0.472. The third-order valence-electron chi connectivity index (χ3n) is 2.54. The summed E-state index contributed by atoms with van der Waals surface area (Å²) in [6.45, 7) is 0. The van der Waals surface area contributed by atoms with E-state index in [0.29, 0.717) is 6.07 Å². The van der Waals surface area contributed by atoms with E-state index in [9.17, 15) is 26.0 Å². The van der Waals surface area contributed by atoms with Crippen LogP contribution in [0, 0.1) is 5.82 Å². The van der Waals surface area contributed by atoms with Gasteiger partial charge in [-0.3, -0.25) is 4.55 Å². The summed E-state index contributed by atoms with van der Waals surface area (Å²) in [6, 6.07) is 4.14. The van der Waals surface area contributed by atoms with E-state index in [2.05, 4.69) is 0 Å². The summed E-state index contributed by atoms with van der Waals surface area (Å²) in [5.74, 6) is -1.41. The van der Waals surface area contributed by atoms with E-state index in [1.165, 1.54) is 0 Å². The first-order valence-corrected chi connectivity index (χ1v) is 6.32. The van der Waals surface area contributed by atoms with Crippen molar-refractivity contribution >= 4 is 20.9 Å². The van der Waals surface area contributed by atoms with Crippen molar-refractivity contribution in [2.45, 2.75) is 11.1 Å². The van der Waals surface area contributed by atoms with E-state index in [4.69, 9.17) is 4.55 Å². The second kappa shape index (κ2) is 4.17. The Balaban J connectivity index is 2.88. The zero-order chi connectivity index (χ0) is 14.4. The quantitative estimate of drug-likeness (QED) is 0.649. The maximum atomic E-state index is 13.8. The molecule has 19 heavy (non-hydrogen) atoms. The van der Waals surface area contributed by atoms with E-state index in [1.54, 1.807) is 0 Å². The van der Waals surface area contributed by atoms with E-state index >= 15 is 0 Å². The summed E-state index contributed by atoms with van der Waals surface area (Å²) < 4.78 is 82.4. The van der Waals surface area contributed by atoms with Crippen LogP contribution in [0.1, 0.15) is 5.56 Å². The highest BCUT2D eigenvalue weighted by Gasteiger charge is 2.33. The number of benzene rings is 2. The molecule has 8 heteroatoms. The Bertz CT molecular complexity index is 750. The van der Waals surface area contributed by atoms with Crippen LogP contribution in [0.15, 0.2) is 35.2 Å². The van der Waals surface area contributed by atoms with Crippen LogP contribution in [0.2, 0.25) is 0 Å². The summed E-state index contributed by atoms with van der Waals surface area (Å²) in [5, 5.41) is -0.996. The normalized spacial score (nSPS) is 12.9. The molecule has 1 N–H and O–H groups in total. The van der Waals surface area contributed by atoms with Gasteiger partial charge in [-0.25, -0.2) is 4.39 Å². The number of alkyl halides is 3. The molecule has 2 rings (SSSR count). The first-order chi connectivity index (χ1) is 8.62. The Morgan fingerprint density at radius 3 is 2.16 bits per heavy atom. The average Bonchev–Trinajstić information content (AvgIpc) is 2.26. The highest BCUT2D eigenvalue weighted by atomic mass is 32.2. The van der Waals surface area contributed by atoms with Crippen LogP contribution in [0.3, 0.4) is 0 Å². The monoisotopic (exact) mass is 294 g/mol. The van der Waals surface area contributed by atoms with Crippen LogP contribution in [0.5, 0.6) is 0 Å². The van der Waals surface area contributed by atoms with E-state index < -0.39 is 43.3 Å². The lowest BCUT2D eigenvalue weighted by Gasteiger charge is -2.11. The summed E-state index contributed by atoms with van der Waals surface area (Å²) >= 11 is 0. The molecule has 0 heterocycles. The largest absolute Gasteiger partial charge is 0.417 e. The standard InChI is InChI=1S/C11H6F4O3S/c12-10-7-2-1-3-8(11(13,14)15)6(7)4-5-9(10)19(16,17)18/h1-5H,(H,16,17,18). The minimum atomic E-state index is -4.83. The molecular weight excluding hydrogens is 288 g/mol. The molecule has 0 saturated carbocycles. The van der Waals surface area contributed by atoms with Crippen LogP contribution in [-0.2, 0) is 16.3 Å². The third-order valence-corrected chi connectivity index (χ3v) is 3.41. The number of hydrogen-bond acceptors (Lipinski definition) is 2. The minimum Gasteiger partial charge on any atom is -0.282 e. The maximum absolute atomic E-state index is 13.8. The first-order valence-electron chi connectivity index (χ1n) is 4.88. The second-order valence-electron chi connectivity index (χ2n) is 3.75. The van der Waals surface area contributed by atoms with Crippen LogP contribution < -0.4 is 0 Å². The van der Waals surface area contributed by atoms with Gasteiger partial charge in [0.05, 0.1) is 5.56 Å². The predicted octanol–water partition coefficient (Wildman–Crippen LogP) is 3.24. The smallest absolute Gasteiger partial charge is 0.282 e. The number of rotatable bonds is 1. The SMILES string of the molecule is O=S(=O)(O)c1ccc2c(C(F)(F)F)cccc2c1F. The Hall–Kier alpha value is -1.67. The molecule has 0 spiro atoms. The Labute approximate surface area is 105 Å². The fraction of sp³-hybridized carbons (Fsp3) is 0.0909. The molecule has 0 bridgehead atoms. The summed E-state index contributed by atoms with van der Waals surface area (Å²) in [5.41, 5.74) is -1.08. The number of hydrogen-bond donors (Lipinski definition) is 1. The van der Waals surface area contributed by atoms with Gasteiger partial charge in [-0.05, 0) is 17.5 Å². The predicted molar refractivity (Wildman–Crippen MR) is 58.7 cm³/mol. The molecule has 0 aliphatic rings. The summed E-state index contributed by atoms with van der Waals surface area (Å²) in [4.78, 5) is -1.06. The molecule has 0 aromatic heterocycles. The molecule has 0 amide bonds. The zero-order valence-electron chi connectivity index (χ0n) is 9.07. The molecule has 0 atom stereocenters. The van der Waals surface area contributed by atoms with E-state index in [0.717, 1.165) is 24.3 Å². The van der Waals surface area contributed by atoms with Gasteiger partial charge in [-0.1, -0.05) is 18.2 Å². The van der Waals surface area contributed by atoms with Gasteiger partial charge in [0.15, 0.2) is 5.82 Å². The third kappa shape index (κ3) is 2.41. The van der Waals surface area contributed by atoms with Gasteiger partial charge in [0.25, 0.3) is 10.1 Å². The van der Waals surface area contributed by atoms with Gasteiger partial charge in [0.2, 0.25) is 0 Å². The first kappa shape index (κ1) is 13.8. The topological polar surface area (TPSA) is 54.4 Å². The van der Waals surface area contributed by atoms with E-state index in [1.807, 2.05) is 0 Å². The summed E-state index contributed by atoms with van der Waals surface area (Å²) in [6.07, 6.45) is -4.69. The number of fused-ring (bicyclic) bond motifs is 1.